The molecule has 0 bridgehead atoms. The number of hydrogen-bond donors (Lipinski definition) is 1. The van der Waals surface area contributed by atoms with E-state index in [0.29, 0.717) is 36.1 Å². The van der Waals surface area contributed by atoms with Gasteiger partial charge in [-0.05, 0) is 0 Å². The molecule has 2 rings (SSSR count). The number of rotatable bonds is 5. The van der Waals surface area contributed by atoms with Gasteiger partial charge in [0, 0.05) is 31.1 Å². The molecule has 0 radical (unpaired) electrons. The van der Waals surface area contributed by atoms with Gasteiger partial charge in [0.05, 0.1) is 5.56 Å². The number of halogens is 3. The lowest BCUT2D eigenvalue weighted by molar-refractivity contribution is 0.547. The largest absolute Gasteiger partial charge is 0.314 e. The van der Waals surface area contributed by atoms with Gasteiger partial charge >= 0.3 is 0 Å². The molecule has 7 heteroatoms. The fourth-order valence-corrected chi connectivity index (χ4v) is 2.56. The molecule has 0 aliphatic rings. The van der Waals surface area contributed by atoms with Gasteiger partial charge in [-0.1, -0.05) is 25.2 Å². The average Bonchev–Trinajstić information content (AvgIpc) is 2.75. The number of nitrogens with one attached hydrogen (secondary N) is 1. The van der Waals surface area contributed by atoms with Crippen LogP contribution in [0.1, 0.15) is 18.9 Å². The van der Waals surface area contributed by atoms with Gasteiger partial charge in [-0.2, -0.15) is 0 Å². The molecule has 1 heterocycles. The normalized spacial score (nSPS) is 11.3. The summed E-state index contributed by atoms with van der Waals surface area (Å²) in [6.07, 6.45) is 0.625. The van der Waals surface area contributed by atoms with E-state index < -0.39 is 17.5 Å². The first-order valence-corrected chi connectivity index (χ1v) is 6.99. The summed E-state index contributed by atoms with van der Waals surface area (Å²) in [4.78, 5) is 0. The fraction of sp³-hybridized carbons (Fsp3) is 0.385. The summed E-state index contributed by atoms with van der Waals surface area (Å²) in [5.41, 5.74) is -0.327. The predicted molar refractivity (Wildman–Crippen MR) is 72.1 cm³/mol. The number of hydrogen-bond acceptors (Lipinski definition) is 4. The number of aromatic nitrogens is 2. The molecule has 0 atom stereocenters. The van der Waals surface area contributed by atoms with Crippen molar-refractivity contribution in [2.75, 3.05) is 6.54 Å². The Bertz CT molecular complexity index is 575. The molecule has 3 nitrogen and oxygen atoms in total. The molecule has 0 aliphatic carbocycles. The first-order chi connectivity index (χ1) is 9.47. The van der Waals surface area contributed by atoms with Crippen LogP contribution in [0, 0.1) is 17.5 Å². The zero-order valence-corrected chi connectivity index (χ0v) is 11.9. The molecule has 1 N–H and O–H groups in total. The second kappa shape index (κ2) is 6.32. The van der Waals surface area contributed by atoms with Crippen molar-refractivity contribution in [3.05, 3.63) is 34.6 Å². The average molecular weight is 301 g/mol. The van der Waals surface area contributed by atoms with Crippen LogP contribution >= 0.6 is 11.3 Å². The molecule has 0 unspecified atom stereocenters. The third-order valence-electron chi connectivity index (χ3n) is 2.58. The van der Waals surface area contributed by atoms with Crippen molar-refractivity contribution >= 4 is 11.3 Å². The molecule has 0 amide bonds. The molecule has 1 aromatic heterocycles. The first-order valence-electron chi connectivity index (χ1n) is 6.18. The van der Waals surface area contributed by atoms with Crippen molar-refractivity contribution in [1.82, 2.24) is 15.5 Å². The van der Waals surface area contributed by atoms with Gasteiger partial charge in [-0.25, -0.2) is 13.2 Å². The van der Waals surface area contributed by atoms with Crippen LogP contribution in [0.4, 0.5) is 13.2 Å². The zero-order chi connectivity index (χ0) is 14.7. The van der Waals surface area contributed by atoms with Gasteiger partial charge in [-0.15, -0.1) is 10.2 Å². The third-order valence-corrected chi connectivity index (χ3v) is 3.58. The van der Waals surface area contributed by atoms with Crippen molar-refractivity contribution in [1.29, 1.82) is 0 Å². The highest BCUT2D eigenvalue weighted by atomic mass is 32.1. The Morgan fingerprint density at radius 2 is 1.80 bits per heavy atom. The maximum atomic E-state index is 13.6. The molecule has 0 aliphatic heterocycles. The summed E-state index contributed by atoms with van der Waals surface area (Å²) >= 11 is 1.11. The van der Waals surface area contributed by atoms with E-state index in [-0.39, 0.29) is 10.6 Å². The van der Waals surface area contributed by atoms with Gasteiger partial charge < -0.3 is 5.32 Å². The lowest BCUT2D eigenvalue weighted by Gasteiger charge is -2.05. The van der Waals surface area contributed by atoms with E-state index >= 15 is 0 Å². The Morgan fingerprint density at radius 1 is 1.15 bits per heavy atom. The topological polar surface area (TPSA) is 37.8 Å². The van der Waals surface area contributed by atoms with Gasteiger partial charge in [-0.3, -0.25) is 0 Å². The first kappa shape index (κ1) is 14.9. The maximum absolute atomic E-state index is 13.6. The summed E-state index contributed by atoms with van der Waals surface area (Å²) < 4.78 is 40.1. The Balaban J connectivity index is 2.17. The van der Waals surface area contributed by atoms with Crippen LogP contribution in [0.3, 0.4) is 0 Å². The summed E-state index contributed by atoms with van der Waals surface area (Å²) in [6, 6.07) is 1.63. The molecular formula is C13H14F3N3S. The second-order valence-electron chi connectivity index (χ2n) is 4.60. The van der Waals surface area contributed by atoms with Gasteiger partial charge in [0.15, 0.2) is 5.01 Å². The van der Waals surface area contributed by atoms with Crippen molar-refractivity contribution in [3.8, 4) is 10.6 Å². The second-order valence-corrected chi connectivity index (χ2v) is 5.67. The minimum Gasteiger partial charge on any atom is -0.314 e. The zero-order valence-electron chi connectivity index (χ0n) is 11.1. The van der Waals surface area contributed by atoms with Gasteiger partial charge in [0.25, 0.3) is 0 Å². The number of benzene rings is 1. The van der Waals surface area contributed by atoms with Crippen molar-refractivity contribution in [2.24, 2.45) is 0 Å². The van der Waals surface area contributed by atoms with Crippen molar-refractivity contribution < 1.29 is 13.2 Å². The van der Waals surface area contributed by atoms with Crippen LogP contribution in [-0.2, 0) is 6.42 Å². The minimum absolute atomic E-state index is 0.125. The smallest absolute Gasteiger partial charge is 0.153 e. The lowest BCUT2D eigenvalue weighted by atomic mass is 10.2. The van der Waals surface area contributed by atoms with Crippen LogP contribution in [0.2, 0.25) is 0 Å². The SMILES string of the molecule is CC(C)NCCc1nnc(-c2c(F)cc(F)cc2F)s1. The van der Waals surface area contributed by atoms with E-state index in [1.807, 2.05) is 13.8 Å². The molecule has 1 aromatic carbocycles. The Morgan fingerprint density at radius 3 is 2.40 bits per heavy atom. The third kappa shape index (κ3) is 3.55. The fourth-order valence-electron chi connectivity index (χ4n) is 1.67. The summed E-state index contributed by atoms with van der Waals surface area (Å²) in [5, 5.41) is 11.7. The van der Waals surface area contributed by atoms with E-state index in [2.05, 4.69) is 15.5 Å². The monoisotopic (exact) mass is 301 g/mol. The minimum atomic E-state index is -0.967. The van der Waals surface area contributed by atoms with E-state index in [4.69, 9.17) is 0 Å². The van der Waals surface area contributed by atoms with Gasteiger partial charge in [0.1, 0.15) is 22.5 Å². The predicted octanol–water partition coefficient (Wildman–Crippen LogP) is 3.16. The van der Waals surface area contributed by atoms with Crippen LogP contribution in [0.25, 0.3) is 10.6 Å². The summed E-state index contributed by atoms with van der Waals surface area (Å²) in [7, 11) is 0. The Hall–Kier alpha value is -1.47. The molecular weight excluding hydrogens is 287 g/mol. The lowest BCUT2D eigenvalue weighted by Crippen LogP contribution is -2.24. The van der Waals surface area contributed by atoms with Gasteiger partial charge in [0.2, 0.25) is 0 Å². The van der Waals surface area contributed by atoms with Crippen LogP contribution in [0.5, 0.6) is 0 Å². The quantitative estimate of drug-likeness (QED) is 0.922. The molecule has 108 valence electrons. The van der Waals surface area contributed by atoms with E-state index in [1.165, 1.54) is 0 Å². The number of nitrogens with zero attached hydrogens (tertiary/aromatic N) is 2. The van der Waals surface area contributed by atoms with E-state index in [0.717, 1.165) is 11.3 Å². The standard InChI is InChI=1S/C13H14F3N3S/c1-7(2)17-4-3-11-18-19-13(20-11)12-9(15)5-8(14)6-10(12)16/h5-7,17H,3-4H2,1-2H3. The van der Waals surface area contributed by atoms with Crippen LogP contribution in [0.15, 0.2) is 12.1 Å². The van der Waals surface area contributed by atoms with Crippen LogP contribution in [-0.4, -0.2) is 22.8 Å². The molecule has 20 heavy (non-hydrogen) atoms. The highest BCUT2D eigenvalue weighted by Crippen LogP contribution is 2.29. The highest BCUT2D eigenvalue weighted by Gasteiger charge is 2.17. The van der Waals surface area contributed by atoms with Crippen LogP contribution < -0.4 is 5.32 Å². The van der Waals surface area contributed by atoms with Crippen molar-refractivity contribution in [3.63, 3.8) is 0 Å². The molecule has 0 saturated carbocycles. The highest BCUT2D eigenvalue weighted by molar-refractivity contribution is 7.14. The Kier molecular flexibility index (Phi) is 4.72. The molecule has 0 fully saturated rings. The Labute approximate surface area is 118 Å². The molecule has 2 aromatic rings. The molecule has 0 spiro atoms. The maximum Gasteiger partial charge on any atom is 0.153 e. The van der Waals surface area contributed by atoms with Crippen molar-refractivity contribution in [2.45, 2.75) is 26.3 Å². The van der Waals surface area contributed by atoms with E-state index in [1.54, 1.807) is 0 Å². The molecule has 0 saturated heterocycles. The van der Waals surface area contributed by atoms with E-state index in [9.17, 15) is 13.2 Å². The summed E-state index contributed by atoms with van der Waals surface area (Å²) in [6.45, 7) is 4.75. The summed E-state index contributed by atoms with van der Waals surface area (Å²) in [5.74, 6) is -2.88.